The van der Waals surface area contributed by atoms with Gasteiger partial charge in [0.2, 0.25) is 59.1 Å². The van der Waals surface area contributed by atoms with Crippen molar-refractivity contribution in [2.45, 2.75) is 170 Å². The number of H-pyrrole nitrogens is 1. The van der Waals surface area contributed by atoms with Gasteiger partial charge in [0.15, 0.2) is 0 Å². The van der Waals surface area contributed by atoms with Crippen LogP contribution in [0.15, 0.2) is 134 Å². The van der Waals surface area contributed by atoms with Gasteiger partial charge in [0.25, 0.3) is 0 Å². The lowest BCUT2D eigenvalue weighted by molar-refractivity contribution is -0.143. The number of phenols is 1. The van der Waals surface area contributed by atoms with Crippen molar-refractivity contribution < 1.29 is 78.3 Å². The minimum Gasteiger partial charge on any atom is -0.507 e. The molecule has 0 saturated carbocycles. The van der Waals surface area contributed by atoms with Crippen molar-refractivity contribution >= 4 is 120 Å². The highest BCUT2D eigenvalue weighted by molar-refractivity contribution is 14.1. The third kappa shape index (κ3) is 26.0. The fourth-order valence-corrected chi connectivity index (χ4v) is 14.6. The van der Waals surface area contributed by atoms with Gasteiger partial charge in [-0.25, -0.2) is 4.79 Å². The summed E-state index contributed by atoms with van der Waals surface area (Å²) < 4.78 is 0.321. The van der Waals surface area contributed by atoms with Gasteiger partial charge in [0.05, 0.1) is 28.4 Å². The first kappa shape index (κ1) is 86.0. The van der Waals surface area contributed by atoms with E-state index in [-0.39, 0.29) is 61.9 Å². The first-order valence-corrected chi connectivity index (χ1v) is 38.9. The quantitative estimate of drug-likeness (QED) is 0.0263. The van der Waals surface area contributed by atoms with Gasteiger partial charge in [-0.05, 0) is 114 Å². The van der Waals surface area contributed by atoms with Crippen LogP contribution < -0.4 is 64.6 Å². The number of phenolic OH excluding ortho intramolecular Hbond substituents is 1. The molecular formula is C75H97IN14O16S2. The molecular weight excluding hydrogens is 1540 g/mol. The summed E-state index contributed by atoms with van der Waals surface area (Å²) in [6.07, 6.45) is -2.24. The molecule has 7 rings (SSSR count). The van der Waals surface area contributed by atoms with E-state index < -0.39 is 157 Å². The van der Waals surface area contributed by atoms with Gasteiger partial charge in [-0.1, -0.05) is 145 Å². The fourth-order valence-electron chi connectivity index (χ4n) is 11.8. The number of carboxylic acids is 1. The highest BCUT2D eigenvalue weighted by Gasteiger charge is 2.40. The Balaban J connectivity index is 1.34. The van der Waals surface area contributed by atoms with Crippen LogP contribution in [0.25, 0.3) is 10.9 Å². The monoisotopic (exact) mass is 1640 g/mol. The largest absolute Gasteiger partial charge is 0.507 e. The van der Waals surface area contributed by atoms with Crippen LogP contribution in [0.2, 0.25) is 0 Å². The molecule has 0 spiro atoms. The SMILES string of the molecule is CC(C)NCc1ccc(C[C@H]2C(=O)N[C@H]([C@@H](C)O)C(=O)N[C@@H](Cc3ccc(O)c(I)c3)C(=O)N[C@@H]([C@@H](C)O)C(=O)N[C@@H](CO)C(=O)N[C@H](C(=O)O)CSSC[C@H](N)C(=O)N[C@@H](CCCCN)C(=O)N[C@@H](Cc3ccccc3)C(=O)N[C@@H](Cc3ccccc3)C(=O)N[C@H](Cc3c[nH]c4ccccc34)C(=O)N2C)cc1. The van der Waals surface area contributed by atoms with E-state index in [4.69, 9.17) is 11.5 Å². The lowest BCUT2D eigenvalue weighted by Crippen LogP contribution is -2.63. The number of amides is 10. The number of aliphatic hydroxyl groups is 3. The third-order valence-corrected chi connectivity index (χ3v) is 21.3. The second kappa shape index (κ2) is 42.5. The second-order valence-corrected chi connectivity index (χ2v) is 30.5. The number of hydrogen-bond donors (Lipinski definition) is 18. The molecule has 20 N–H and O–H groups in total. The van der Waals surface area contributed by atoms with Crippen molar-refractivity contribution in [3.05, 3.63) is 171 Å². The summed E-state index contributed by atoms with van der Waals surface area (Å²) in [4.78, 5) is 165. The lowest BCUT2D eigenvalue weighted by atomic mass is 9.98. The smallest absolute Gasteiger partial charge is 0.327 e. The molecule has 0 unspecified atom stereocenters. The highest BCUT2D eigenvalue weighted by Crippen LogP contribution is 2.26. The molecule has 0 aliphatic carbocycles. The molecule has 582 valence electrons. The molecule has 1 aromatic heterocycles. The minimum absolute atomic E-state index is 0.0233. The summed E-state index contributed by atoms with van der Waals surface area (Å²) in [6.45, 7) is 5.84. The van der Waals surface area contributed by atoms with Crippen LogP contribution in [0.3, 0.4) is 0 Å². The van der Waals surface area contributed by atoms with Crippen molar-refractivity contribution in [2.24, 2.45) is 11.5 Å². The molecule has 10 amide bonds. The predicted molar refractivity (Wildman–Crippen MR) is 417 cm³/mol. The van der Waals surface area contributed by atoms with E-state index in [9.17, 15) is 59.1 Å². The summed E-state index contributed by atoms with van der Waals surface area (Å²) in [5.41, 5.74) is 16.4. The van der Waals surface area contributed by atoms with Gasteiger partial charge in [-0.15, -0.1) is 0 Å². The first-order valence-electron chi connectivity index (χ1n) is 35.4. The molecule has 108 heavy (non-hydrogen) atoms. The van der Waals surface area contributed by atoms with Gasteiger partial charge in [-0.2, -0.15) is 0 Å². The van der Waals surface area contributed by atoms with Gasteiger partial charge in [0, 0.05) is 80.3 Å². The molecule has 1 aliphatic heterocycles. The number of carbonyl (C=O) groups is 11. The molecule has 0 radical (unpaired) electrons. The highest BCUT2D eigenvalue weighted by atomic mass is 127. The summed E-state index contributed by atoms with van der Waals surface area (Å²) in [5, 5.41) is 81.0. The number of hydrogen-bond acceptors (Lipinski definition) is 20. The van der Waals surface area contributed by atoms with E-state index in [1.54, 1.807) is 91.1 Å². The standard InChI is InChI=1S/C75H97IN14O16S2/c1-41(2)79-36-47-25-23-46(24-26-47)34-61-71(101)89-64(43(4)93)72(102)84-57(33-48-27-28-62(94)51(76)30-48)69(99)88-63(42(3)92)73(103)86-59(38-91)70(100)87-60(75(105)106)40-108-107-39-52(78)65(95)81-54(22-14-15-29-77)66(96)82-55(31-44-16-8-6-9-17-44)67(97)83-56(32-45-18-10-7-11-19-45)68(98)85-58(74(104)90(61)5)35-49-37-80-53-21-13-12-20-50(49)53/h6-13,16-21,23-28,30,37,41-43,52,54-61,63-64,79-80,91-94H,14-15,22,29,31-36,38-40,77-78H2,1-5H3,(H,81,95)(H,82,96)(H,83,97)(H,84,102)(H,85,98)(H,86,103)(H,87,100)(H,88,99)(H,89,101)(H,105,106)/t42-,43-,52+,54+,55+,56+,57+,58-,59+,60+,61+,63+,64-/m1/s1. The number of halogens is 1. The van der Waals surface area contributed by atoms with Gasteiger partial charge < -0.3 is 100 Å². The number of nitrogens with zero attached hydrogens (tertiary/aromatic N) is 1. The van der Waals surface area contributed by atoms with E-state index >= 15 is 19.2 Å². The van der Waals surface area contributed by atoms with Crippen LogP contribution in [0.4, 0.5) is 0 Å². The number of unbranched alkanes of at least 4 members (excludes halogenated alkanes) is 1. The van der Waals surface area contributed by atoms with Crippen LogP contribution in [-0.2, 0) is 91.4 Å². The maximum absolute atomic E-state index is 15.9. The molecule has 2 heterocycles. The number of aliphatic carboxylic acids is 1. The zero-order valence-corrected chi connectivity index (χ0v) is 64.3. The summed E-state index contributed by atoms with van der Waals surface area (Å²) in [7, 11) is 3.14. The first-order chi connectivity index (χ1) is 51.5. The number of nitrogens with one attached hydrogen (secondary N) is 11. The lowest BCUT2D eigenvalue weighted by Gasteiger charge is -2.33. The second-order valence-electron chi connectivity index (χ2n) is 26.8. The number of aromatic nitrogens is 1. The Labute approximate surface area is 647 Å². The van der Waals surface area contributed by atoms with Gasteiger partial charge >= 0.3 is 5.97 Å². The zero-order chi connectivity index (χ0) is 78.7. The number of likely N-dealkylation sites (N-methyl/N-ethyl adjacent to an activating group) is 1. The molecule has 30 nitrogen and oxygen atoms in total. The summed E-state index contributed by atoms with van der Waals surface area (Å²) in [5.74, 6) is -12.2. The molecule has 1 aliphatic rings. The Morgan fingerprint density at radius 3 is 1.57 bits per heavy atom. The molecule has 13 atom stereocenters. The number of rotatable bonds is 21. The Morgan fingerprint density at radius 2 is 1.02 bits per heavy atom. The topological polar surface area (TPSA) is 480 Å². The van der Waals surface area contributed by atoms with E-state index in [2.05, 4.69) is 58.2 Å². The molecule has 33 heteroatoms. The number of para-hydroxylation sites is 1. The maximum atomic E-state index is 15.9. The minimum atomic E-state index is -1.96. The van der Waals surface area contributed by atoms with Crippen molar-refractivity contribution in [2.75, 3.05) is 31.7 Å². The maximum Gasteiger partial charge on any atom is 0.327 e. The Kier molecular flexibility index (Phi) is 33.9. The number of fused-ring (bicyclic) bond motifs is 1. The van der Waals surface area contributed by atoms with E-state index in [0.29, 0.717) is 61.7 Å². The van der Waals surface area contributed by atoms with Crippen LogP contribution in [0.5, 0.6) is 5.75 Å². The van der Waals surface area contributed by atoms with E-state index in [1.165, 1.54) is 32.2 Å². The summed E-state index contributed by atoms with van der Waals surface area (Å²) >= 11 is 1.83. The van der Waals surface area contributed by atoms with Crippen LogP contribution >= 0.6 is 44.2 Å². The molecule has 0 bridgehead atoms. The van der Waals surface area contributed by atoms with Crippen molar-refractivity contribution in [3.8, 4) is 5.75 Å². The van der Waals surface area contributed by atoms with Crippen molar-refractivity contribution in [1.29, 1.82) is 0 Å². The van der Waals surface area contributed by atoms with Crippen LogP contribution in [-0.4, -0.2) is 217 Å². The number of benzene rings is 5. The summed E-state index contributed by atoms with van der Waals surface area (Å²) in [6, 6.07) is 18.2. The molecule has 6 aromatic rings. The van der Waals surface area contributed by atoms with Gasteiger partial charge in [0.1, 0.15) is 66.2 Å². The van der Waals surface area contributed by atoms with Crippen LogP contribution in [0, 0.1) is 3.57 Å². The number of nitrogens with two attached hydrogens (primary N) is 2. The fraction of sp³-hybridized carbons (Fsp3) is 0.427. The van der Waals surface area contributed by atoms with Crippen molar-refractivity contribution in [3.63, 3.8) is 0 Å². The third-order valence-electron chi connectivity index (χ3n) is 18.0. The molecule has 1 saturated heterocycles. The number of aromatic hydroxyl groups is 1. The van der Waals surface area contributed by atoms with E-state index in [1.807, 2.05) is 60.7 Å². The number of carbonyl (C=O) groups excluding carboxylic acids is 10. The molecule has 5 aromatic carbocycles. The number of carboxylic acid groups (broad SMARTS) is 1. The Morgan fingerprint density at radius 1 is 0.546 bits per heavy atom. The van der Waals surface area contributed by atoms with Gasteiger partial charge in [-0.3, -0.25) is 47.9 Å². The predicted octanol–water partition coefficient (Wildman–Crippen LogP) is 0.369. The average molecular weight is 1640 g/mol. The number of aromatic amines is 1. The average Bonchev–Trinajstić information content (AvgIpc) is 1.53. The van der Waals surface area contributed by atoms with E-state index in [0.717, 1.165) is 39.0 Å². The van der Waals surface area contributed by atoms with Crippen LogP contribution in [0.1, 0.15) is 80.3 Å². The zero-order valence-electron chi connectivity index (χ0n) is 60.5. The van der Waals surface area contributed by atoms with Crippen molar-refractivity contribution in [1.82, 2.24) is 63.1 Å². The Bertz CT molecular complexity index is 4050. The Hall–Kier alpha value is -9.20. The number of aliphatic hydroxyl groups excluding tert-OH is 3. The normalized spacial score (nSPS) is 23.6. The molecule has 1 fully saturated rings.